The largest absolute Gasteiger partial charge is 0.581 e. The van der Waals surface area contributed by atoms with Crippen LogP contribution in [0.25, 0.3) is 0 Å². The summed E-state index contributed by atoms with van der Waals surface area (Å²) < 4.78 is 0. The molecular weight excluding hydrogens is 438 g/mol. The van der Waals surface area contributed by atoms with E-state index >= 15 is 0 Å². The van der Waals surface area contributed by atoms with Crippen molar-refractivity contribution >= 4 is 11.9 Å². The predicted octanol–water partition coefficient (Wildman–Crippen LogP) is 3.18. The second-order valence-electron chi connectivity index (χ2n) is 10.6. The van der Waals surface area contributed by atoms with Crippen molar-refractivity contribution < 1.29 is 4.79 Å². The van der Waals surface area contributed by atoms with Gasteiger partial charge < -0.3 is 25.3 Å². The van der Waals surface area contributed by atoms with E-state index < -0.39 is 5.54 Å². The molecule has 0 spiro atoms. The van der Waals surface area contributed by atoms with Crippen LogP contribution in [0, 0.1) is 5.92 Å². The highest BCUT2D eigenvalue weighted by Crippen LogP contribution is 2.35. The average molecular weight is 473 g/mol. The van der Waals surface area contributed by atoms with Crippen molar-refractivity contribution in [3.63, 3.8) is 0 Å². The molecule has 2 aliphatic rings. The zero-order chi connectivity index (χ0) is 24.6. The van der Waals surface area contributed by atoms with Crippen LogP contribution in [0.2, 0.25) is 0 Å². The van der Waals surface area contributed by atoms with Gasteiger partial charge in [-0.3, -0.25) is 4.79 Å². The van der Waals surface area contributed by atoms with Crippen LogP contribution in [-0.2, 0) is 23.3 Å². The van der Waals surface area contributed by atoms with E-state index in [0.29, 0.717) is 12.5 Å². The first kappa shape index (κ1) is 23.5. The van der Waals surface area contributed by atoms with Gasteiger partial charge >= 0.3 is 0 Å². The molecule has 1 amide bonds. The Hall–Kier alpha value is -3.26. The second kappa shape index (κ2) is 9.41. The van der Waals surface area contributed by atoms with Crippen molar-refractivity contribution in [3.8, 4) is 0 Å². The number of amides is 1. The second-order valence-corrected chi connectivity index (χ2v) is 10.6. The van der Waals surface area contributed by atoms with Crippen molar-refractivity contribution in [2.45, 2.75) is 57.7 Å². The average Bonchev–Trinajstić information content (AvgIpc) is 3.40. The molecule has 2 aromatic heterocycles. The molecule has 3 atom stereocenters. The number of aromatic nitrogens is 4. The maximum absolute atomic E-state index is 14.0. The van der Waals surface area contributed by atoms with Gasteiger partial charge in [-0.05, 0) is 63.9 Å². The van der Waals surface area contributed by atoms with Gasteiger partial charge in [-0.25, -0.2) is 9.97 Å². The predicted molar refractivity (Wildman–Crippen MR) is 135 cm³/mol. The Morgan fingerprint density at radius 1 is 1.20 bits per heavy atom. The van der Waals surface area contributed by atoms with Crippen LogP contribution in [0.3, 0.4) is 0 Å². The zero-order valence-corrected chi connectivity index (χ0v) is 21.0. The van der Waals surface area contributed by atoms with Crippen LogP contribution in [0.15, 0.2) is 48.9 Å². The number of hydrogen-bond acceptors (Lipinski definition) is 6. The normalized spacial score (nSPS) is 23.1. The summed E-state index contributed by atoms with van der Waals surface area (Å²) in [4.78, 5) is 27.8. The van der Waals surface area contributed by atoms with Crippen LogP contribution in [0.5, 0.6) is 0 Å². The minimum absolute atomic E-state index is 0.0201. The van der Waals surface area contributed by atoms with Crippen LogP contribution in [0.4, 0.5) is 5.95 Å². The molecule has 1 saturated heterocycles. The van der Waals surface area contributed by atoms with E-state index in [-0.39, 0.29) is 23.8 Å². The molecule has 4 heterocycles. The highest BCUT2D eigenvalue weighted by atomic mass is 16.2. The van der Waals surface area contributed by atoms with Gasteiger partial charge in [0.1, 0.15) is 0 Å². The molecule has 8 nitrogen and oxygen atoms in total. The van der Waals surface area contributed by atoms with Crippen LogP contribution in [-0.4, -0.2) is 57.0 Å². The third-order valence-electron chi connectivity index (χ3n) is 7.57. The summed E-state index contributed by atoms with van der Waals surface area (Å²) in [5.41, 5.74) is 3.84. The number of benzene rings is 1. The Morgan fingerprint density at radius 2 is 2.00 bits per heavy atom. The van der Waals surface area contributed by atoms with Crippen molar-refractivity contribution in [2.24, 2.45) is 5.92 Å². The van der Waals surface area contributed by atoms with Gasteiger partial charge in [0.2, 0.25) is 11.9 Å². The first-order chi connectivity index (χ1) is 16.8. The fourth-order valence-electron chi connectivity index (χ4n) is 5.41. The van der Waals surface area contributed by atoms with E-state index in [1.807, 2.05) is 17.2 Å². The van der Waals surface area contributed by atoms with Crippen LogP contribution >= 0.6 is 0 Å². The summed E-state index contributed by atoms with van der Waals surface area (Å²) in [7, 11) is 2.14. The fourth-order valence-corrected chi connectivity index (χ4v) is 5.41. The summed E-state index contributed by atoms with van der Waals surface area (Å²) in [5, 5.41) is 11.3. The lowest BCUT2D eigenvalue weighted by Crippen LogP contribution is -2.50. The SMILES string of the molecule is C[C@@H]1Cc2cnc(NC(C)(C)c3cn[n-]c3)nc2CN1C(=O)[C@H]1CCN(C)C[C@@H]1c1ccccc1. The molecule has 184 valence electrons. The van der Waals surface area contributed by atoms with E-state index in [1.165, 1.54) is 5.56 Å². The first-order valence-corrected chi connectivity index (χ1v) is 12.4. The van der Waals surface area contributed by atoms with Crippen molar-refractivity contribution in [1.82, 2.24) is 30.0 Å². The van der Waals surface area contributed by atoms with Crippen molar-refractivity contribution in [1.29, 1.82) is 0 Å². The molecular formula is C27H34N7O-. The first-order valence-electron chi connectivity index (χ1n) is 12.4. The van der Waals surface area contributed by atoms with Gasteiger partial charge in [-0.15, -0.1) is 0 Å². The van der Waals surface area contributed by atoms with E-state index in [4.69, 9.17) is 4.98 Å². The van der Waals surface area contributed by atoms with Crippen molar-refractivity contribution in [3.05, 3.63) is 71.3 Å². The molecule has 1 aromatic carbocycles. The smallest absolute Gasteiger partial charge is 0.227 e. The fraction of sp³-hybridized carbons (Fsp3) is 0.481. The quantitative estimate of drug-likeness (QED) is 0.610. The maximum atomic E-state index is 14.0. The Kier molecular flexibility index (Phi) is 6.32. The summed E-state index contributed by atoms with van der Waals surface area (Å²) in [5.74, 6) is 0.977. The number of nitrogens with one attached hydrogen (secondary N) is 1. The number of anilines is 1. The molecule has 1 fully saturated rings. The number of rotatable bonds is 5. The lowest BCUT2D eigenvalue weighted by atomic mass is 9.79. The molecule has 0 radical (unpaired) electrons. The topological polar surface area (TPSA) is 88.4 Å². The minimum Gasteiger partial charge on any atom is -0.581 e. The van der Waals surface area contributed by atoms with E-state index in [9.17, 15) is 4.79 Å². The van der Waals surface area contributed by atoms with Crippen molar-refractivity contribution in [2.75, 3.05) is 25.5 Å². The number of likely N-dealkylation sites (tertiary alicyclic amines) is 1. The Balaban J connectivity index is 1.37. The molecule has 3 aromatic rings. The zero-order valence-electron chi connectivity index (χ0n) is 21.0. The Bertz CT molecular complexity index is 1160. The molecule has 0 saturated carbocycles. The summed E-state index contributed by atoms with van der Waals surface area (Å²) in [6, 6.07) is 10.6. The van der Waals surface area contributed by atoms with E-state index in [2.05, 4.69) is 77.5 Å². The van der Waals surface area contributed by atoms with Crippen LogP contribution in [0.1, 0.15) is 55.5 Å². The molecule has 0 aliphatic carbocycles. The lowest BCUT2D eigenvalue weighted by Gasteiger charge is -2.42. The monoisotopic (exact) mass is 472 g/mol. The molecule has 8 heteroatoms. The van der Waals surface area contributed by atoms with E-state index in [1.54, 1.807) is 12.4 Å². The van der Waals surface area contributed by atoms with Gasteiger partial charge in [0.05, 0.1) is 17.8 Å². The Labute approximate surface area is 207 Å². The van der Waals surface area contributed by atoms with Gasteiger partial charge in [0.25, 0.3) is 0 Å². The third kappa shape index (κ3) is 4.80. The lowest BCUT2D eigenvalue weighted by molar-refractivity contribution is -0.141. The molecule has 0 unspecified atom stereocenters. The molecule has 0 bridgehead atoms. The summed E-state index contributed by atoms with van der Waals surface area (Å²) in [6.07, 6.45) is 7.04. The van der Waals surface area contributed by atoms with Gasteiger partial charge in [0, 0.05) is 36.8 Å². The number of likely N-dealkylation sites (N-methyl/N-ethyl adjacent to an activating group) is 1. The number of fused-ring (bicyclic) bond motifs is 1. The molecule has 2 aliphatic heterocycles. The van der Waals surface area contributed by atoms with Gasteiger partial charge in [-0.2, -0.15) is 6.20 Å². The highest BCUT2D eigenvalue weighted by Gasteiger charge is 2.39. The molecule has 1 N–H and O–H groups in total. The molecule has 5 rings (SSSR count). The minimum atomic E-state index is -0.410. The standard InChI is InChI=1S/C27H34N7O/c1-18-12-20-13-28-26(32-27(2,3)21-14-29-30-15-21)31-24(20)17-34(18)25(35)22-10-11-33(4)16-23(22)19-8-6-5-7-9-19/h5-9,13-15,18,22-23H,10-12,16-17H2,1-4H3,(H-,28,29,30,31,32)/q-1/t18-,22+,23-/m1/s1. The number of nitrogens with zero attached hydrogens (tertiary/aromatic N) is 6. The highest BCUT2D eigenvalue weighted by molar-refractivity contribution is 5.80. The summed E-state index contributed by atoms with van der Waals surface area (Å²) >= 11 is 0. The van der Waals surface area contributed by atoms with Crippen LogP contribution < -0.4 is 10.4 Å². The third-order valence-corrected chi connectivity index (χ3v) is 7.57. The van der Waals surface area contributed by atoms with Gasteiger partial charge in [-0.1, -0.05) is 30.3 Å². The summed E-state index contributed by atoms with van der Waals surface area (Å²) in [6.45, 7) is 8.59. The molecule has 35 heavy (non-hydrogen) atoms. The number of piperidine rings is 1. The Morgan fingerprint density at radius 3 is 2.74 bits per heavy atom. The van der Waals surface area contributed by atoms with Gasteiger partial charge in [0.15, 0.2) is 0 Å². The number of carbonyl (C=O) groups excluding carboxylic acids is 1. The maximum Gasteiger partial charge on any atom is 0.227 e. The number of hydrogen-bond donors (Lipinski definition) is 1. The number of carbonyl (C=O) groups is 1. The van der Waals surface area contributed by atoms with E-state index in [0.717, 1.165) is 42.8 Å².